The van der Waals surface area contributed by atoms with Crippen molar-refractivity contribution < 1.29 is 19.4 Å². The van der Waals surface area contributed by atoms with E-state index in [9.17, 15) is 29.8 Å². The maximum atomic E-state index is 13.2. The molecule has 12 nitrogen and oxygen atoms in total. The molecule has 4 rings (SSSR count). The molecular weight excluding hydrogens is 432 g/mol. The van der Waals surface area contributed by atoms with Gasteiger partial charge in [0.1, 0.15) is 6.17 Å². The van der Waals surface area contributed by atoms with Crippen molar-refractivity contribution in [3.8, 4) is 0 Å². The number of hydrogen-bond acceptors (Lipinski definition) is 8. The Morgan fingerprint density at radius 2 is 1.61 bits per heavy atom. The van der Waals surface area contributed by atoms with Gasteiger partial charge in [-0.3, -0.25) is 35.2 Å². The van der Waals surface area contributed by atoms with Gasteiger partial charge in [0, 0.05) is 47.0 Å². The van der Waals surface area contributed by atoms with Crippen LogP contribution in [0.1, 0.15) is 46.4 Å². The minimum Gasteiger partial charge on any atom is -0.285 e. The number of non-ortho nitro benzene ring substituents is 2. The van der Waals surface area contributed by atoms with Crippen LogP contribution in [0.3, 0.4) is 0 Å². The van der Waals surface area contributed by atoms with Crippen molar-refractivity contribution in [2.45, 2.75) is 31.8 Å². The van der Waals surface area contributed by atoms with Gasteiger partial charge in [0.15, 0.2) is 0 Å². The van der Waals surface area contributed by atoms with Gasteiger partial charge in [-0.1, -0.05) is 18.6 Å². The van der Waals surface area contributed by atoms with Crippen LogP contribution in [0.4, 0.5) is 11.4 Å². The van der Waals surface area contributed by atoms with Crippen LogP contribution in [0.5, 0.6) is 0 Å². The Balaban J connectivity index is 1.55. The lowest BCUT2D eigenvalue weighted by atomic mass is 9.86. The van der Waals surface area contributed by atoms with Gasteiger partial charge in [-0.2, -0.15) is 5.10 Å². The Hall–Kier alpha value is -4.19. The fourth-order valence-electron chi connectivity index (χ4n) is 4.05. The Morgan fingerprint density at radius 3 is 2.27 bits per heavy atom. The first kappa shape index (κ1) is 22.0. The zero-order valence-corrected chi connectivity index (χ0v) is 17.3. The minimum absolute atomic E-state index is 0.0797. The molecule has 12 heteroatoms. The Labute approximate surface area is 187 Å². The summed E-state index contributed by atoms with van der Waals surface area (Å²) in [4.78, 5) is 46.7. The van der Waals surface area contributed by atoms with Crippen LogP contribution in [0.2, 0.25) is 0 Å². The first-order valence-corrected chi connectivity index (χ1v) is 10.3. The van der Waals surface area contributed by atoms with Crippen LogP contribution in [-0.4, -0.2) is 38.5 Å². The average Bonchev–Trinajstić information content (AvgIpc) is 3.20. The van der Waals surface area contributed by atoms with E-state index >= 15 is 0 Å². The highest BCUT2D eigenvalue weighted by atomic mass is 16.6. The molecule has 2 aromatic rings. The van der Waals surface area contributed by atoms with E-state index in [1.165, 1.54) is 47.5 Å². The van der Waals surface area contributed by atoms with Crippen molar-refractivity contribution >= 4 is 28.9 Å². The third kappa shape index (κ3) is 4.55. The number of nitrogens with one attached hydrogen (secondary N) is 2. The van der Waals surface area contributed by atoms with Gasteiger partial charge < -0.3 is 0 Å². The molecule has 33 heavy (non-hydrogen) atoms. The molecule has 2 unspecified atom stereocenters. The summed E-state index contributed by atoms with van der Waals surface area (Å²) in [5.41, 5.74) is 5.94. The number of hydrogen-bond donors (Lipinski definition) is 2. The molecule has 1 aliphatic carbocycles. The Morgan fingerprint density at radius 1 is 0.970 bits per heavy atom. The predicted molar refractivity (Wildman–Crippen MR) is 116 cm³/mol. The van der Waals surface area contributed by atoms with Crippen LogP contribution >= 0.6 is 0 Å². The number of hydrazine groups is 1. The van der Waals surface area contributed by atoms with E-state index in [1.54, 1.807) is 0 Å². The number of amides is 2. The molecular formula is C21H20N6O6. The Kier molecular flexibility index (Phi) is 6.09. The first-order chi connectivity index (χ1) is 15.8. The summed E-state index contributed by atoms with van der Waals surface area (Å²) in [6.45, 7) is 0. The van der Waals surface area contributed by atoms with Crippen molar-refractivity contribution in [2.24, 2.45) is 11.0 Å². The lowest BCUT2D eigenvalue weighted by Crippen LogP contribution is -2.55. The molecule has 0 radical (unpaired) electrons. The van der Waals surface area contributed by atoms with Crippen LogP contribution in [0.25, 0.3) is 0 Å². The largest absolute Gasteiger partial charge is 0.285 e. The summed E-state index contributed by atoms with van der Waals surface area (Å²) in [6.07, 6.45) is 2.62. The van der Waals surface area contributed by atoms with E-state index in [0.29, 0.717) is 6.42 Å². The molecule has 2 N–H and O–H groups in total. The third-order valence-electron chi connectivity index (χ3n) is 5.67. The number of fused-ring (bicyclic) bond motifs is 1. The highest BCUT2D eigenvalue weighted by Crippen LogP contribution is 2.33. The summed E-state index contributed by atoms with van der Waals surface area (Å²) >= 11 is 0. The molecule has 0 bridgehead atoms. The molecule has 1 saturated carbocycles. The van der Waals surface area contributed by atoms with Gasteiger partial charge >= 0.3 is 0 Å². The van der Waals surface area contributed by atoms with Crippen LogP contribution in [0.15, 0.2) is 53.6 Å². The normalized spacial score (nSPS) is 19.4. The lowest BCUT2D eigenvalue weighted by molar-refractivity contribution is -0.385. The smallest absolute Gasteiger partial charge is 0.275 e. The molecule has 1 fully saturated rings. The summed E-state index contributed by atoms with van der Waals surface area (Å²) in [6, 6.07) is 10.6. The second kappa shape index (κ2) is 9.12. The van der Waals surface area contributed by atoms with Crippen LogP contribution < -0.4 is 10.9 Å². The monoisotopic (exact) mass is 452 g/mol. The maximum absolute atomic E-state index is 13.2. The summed E-state index contributed by atoms with van der Waals surface area (Å²) < 4.78 is 0. The zero-order chi connectivity index (χ0) is 23.5. The van der Waals surface area contributed by atoms with Crippen LogP contribution in [0, 0.1) is 26.1 Å². The summed E-state index contributed by atoms with van der Waals surface area (Å²) in [5, 5.41) is 27.7. The maximum Gasteiger partial charge on any atom is 0.275 e. The number of rotatable bonds is 6. The van der Waals surface area contributed by atoms with Crippen molar-refractivity contribution in [1.82, 2.24) is 15.9 Å². The van der Waals surface area contributed by atoms with Gasteiger partial charge in [-0.25, -0.2) is 10.4 Å². The van der Waals surface area contributed by atoms with Crippen LogP contribution in [-0.2, 0) is 0 Å². The minimum atomic E-state index is -0.699. The van der Waals surface area contributed by atoms with E-state index in [-0.39, 0.29) is 28.4 Å². The summed E-state index contributed by atoms with van der Waals surface area (Å²) in [7, 11) is 0. The second-order valence-electron chi connectivity index (χ2n) is 7.75. The van der Waals surface area contributed by atoms with Crippen molar-refractivity contribution in [1.29, 1.82) is 0 Å². The van der Waals surface area contributed by atoms with Gasteiger partial charge in [-0.05, 0) is 31.4 Å². The predicted octanol–water partition coefficient (Wildman–Crippen LogP) is 2.77. The lowest BCUT2D eigenvalue weighted by Gasteiger charge is -2.29. The fourth-order valence-corrected chi connectivity index (χ4v) is 4.05. The van der Waals surface area contributed by atoms with Crippen molar-refractivity contribution in [3.63, 3.8) is 0 Å². The SMILES string of the molecule is O=C(NNC1C2CCCCC2=NN1C(=O)c1cccc([N+](=O)[O-])c1)c1cccc([N+](=O)[O-])c1. The zero-order valence-electron chi connectivity index (χ0n) is 17.3. The second-order valence-corrected chi connectivity index (χ2v) is 7.75. The standard InChI is InChI=1S/C21H20N6O6/c28-20(13-5-3-7-15(11-13)26(30)31)23-22-19-17-9-1-2-10-18(17)24-25(19)21(29)14-6-4-8-16(12-14)27(32)33/h3-8,11-12,17,19,22H,1-2,9-10H2,(H,23,28). The van der Waals surface area contributed by atoms with E-state index in [1.807, 2.05) is 0 Å². The Bertz CT molecular complexity index is 1170. The molecule has 0 saturated heterocycles. The molecule has 2 aromatic carbocycles. The molecule has 1 aliphatic heterocycles. The number of benzene rings is 2. The number of nitrogens with zero attached hydrogens (tertiary/aromatic N) is 4. The number of nitro groups is 2. The van der Waals surface area contributed by atoms with Crippen molar-refractivity contribution in [2.75, 3.05) is 0 Å². The molecule has 2 amide bonds. The quantitative estimate of drug-likeness (QED) is 0.503. The highest BCUT2D eigenvalue weighted by Gasteiger charge is 2.41. The van der Waals surface area contributed by atoms with Gasteiger partial charge in [0.2, 0.25) is 0 Å². The molecule has 0 spiro atoms. The van der Waals surface area contributed by atoms with E-state index in [0.717, 1.165) is 31.0 Å². The van der Waals surface area contributed by atoms with E-state index in [4.69, 9.17) is 0 Å². The molecule has 2 aliphatic rings. The van der Waals surface area contributed by atoms with Gasteiger partial charge in [-0.15, -0.1) is 0 Å². The number of carbonyl (C=O) groups is 2. The fraction of sp³-hybridized carbons (Fsp3) is 0.286. The van der Waals surface area contributed by atoms with Gasteiger partial charge in [0.25, 0.3) is 23.2 Å². The number of carbonyl (C=O) groups excluding carboxylic acids is 2. The van der Waals surface area contributed by atoms with E-state index in [2.05, 4.69) is 16.0 Å². The molecule has 170 valence electrons. The number of hydrazone groups is 1. The third-order valence-corrected chi connectivity index (χ3v) is 5.67. The molecule has 2 atom stereocenters. The van der Waals surface area contributed by atoms with Crippen molar-refractivity contribution in [3.05, 3.63) is 79.9 Å². The topological polar surface area (TPSA) is 160 Å². The van der Waals surface area contributed by atoms with Gasteiger partial charge in [0.05, 0.1) is 9.85 Å². The molecule has 0 aromatic heterocycles. The number of nitro benzene ring substituents is 2. The average molecular weight is 452 g/mol. The summed E-state index contributed by atoms with van der Waals surface area (Å²) in [5.74, 6) is -1.28. The first-order valence-electron chi connectivity index (χ1n) is 10.3. The highest BCUT2D eigenvalue weighted by molar-refractivity contribution is 5.99. The molecule has 1 heterocycles. The van der Waals surface area contributed by atoms with E-state index < -0.39 is 27.8 Å².